The number of hydrogen-bond acceptors (Lipinski definition) is 4. The minimum Gasteiger partial charge on any atom is -0.294 e. The molecule has 0 aliphatic rings. The predicted octanol–water partition coefficient (Wildman–Crippen LogP) is 3.05. The van der Waals surface area contributed by atoms with Crippen molar-refractivity contribution in [3.05, 3.63) is 56.9 Å². The Kier molecular flexibility index (Phi) is 3.02. The summed E-state index contributed by atoms with van der Waals surface area (Å²) in [7, 11) is 1.82. The first-order valence-corrected chi connectivity index (χ1v) is 7.88. The zero-order chi connectivity index (χ0) is 15.3. The van der Waals surface area contributed by atoms with Crippen molar-refractivity contribution in [1.29, 1.82) is 0 Å². The minimum absolute atomic E-state index is 0.00329. The maximum Gasteiger partial charge on any atom is 0.308 e. The monoisotopic (exact) mass is 330 g/mol. The van der Waals surface area contributed by atoms with Crippen molar-refractivity contribution in [2.24, 2.45) is 7.05 Å². The highest BCUT2D eigenvalue weighted by Crippen LogP contribution is 2.23. The van der Waals surface area contributed by atoms with Gasteiger partial charge in [0.1, 0.15) is 5.15 Å². The van der Waals surface area contributed by atoms with Crippen molar-refractivity contribution < 1.29 is 0 Å². The fourth-order valence-corrected chi connectivity index (χ4v) is 3.63. The quantitative estimate of drug-likeness (QED) is 0.531. The lowest BCUT2D eigenvalue weighted by Gasteiger charge is -2.06. The Bertz CT molecular complexity index is 1060. The molecule has 0 aliphatic heterocycles. The van der Waals surface area contributed by atoms with E-state index < -0.39 is 0 Å². The van der Waals surface area contributed by atoms with Crippen molar-refractivity contribution in [1.82, 2.24) is 19.3 Å². The molecule has 0 atom stereocenters. The summed E-state index contributed by atoms with van der Waals surface area (Å²) in [4.78, 5) is 16.6. The van der Waals surface area contributed by atoms with Crippen molar-refractivity contribution in [2.45, 2.75) is 6.54 Å². The van der Waals surface area contributed by atoms with Crippen LogP contribution in [-0.4, -0.2) is 19.3 Å². The number of aryl methyl sites for hydroxylation is 1. The lowest BCUT2D eigenvalue weighted by Crippen LogP contribution is -2.14. The normalized spacial score (nSPS) is 11.5. The summed E-state index contributed by atoms with van der Waals surface area (Å²) in [6.45, 7) is 0.402. The Morgan fingerprint density at radius 3 is 3.00 bits per heavy atom. The molecule has 0 bridgehead atoms. The number of para-hydroxylation sites is 1. The Morgan fingerprint density at radius 2 is 2.14 bits per heavy atom. The van der Waals surface area contributed by atoms with Gasteiger partial charge in [0.15, 0.2) is 5.65 Å². The third-order valence-electron chi connectivity index (χ3n) is 3.64. The molecule has 3 aromatic heterocycles. The van der Waals surface area contributed by atoms with Crippen LogP contribution in [0.25, 0.3) is 21.3 Å². The van der Waals surface area contributed by atoms with Crippen LogP contribution < -0.4 is 4.87 Å². The SMILES string of the molecule is Cn1ncc2cc(Cn3c(=O)sc4ccccc43)c(Cl)nc21. The van der Waals surface area contributed by atoms with Gasteiger partial charge in [-0.1, -0.05) is 35.1 Å². The van der Waals surface area contributed by atoms with E-state index in [0.717, 1.165) is 26.8 Å². The molecule has 5 nitrogen and oxygen atoms in total. The summed E-state index contributed by atoms with van der Waals surface area (Å²) in [6, 6.07) is 9.68. The molecule has 4 rings (SSSR count). The minimum atomic E-state index is 0.00329. The number of thiazole rings is 1. The molecule has 110 valence electrons. The molecule has 0 amide bonds. The summed E-state index contributed by atoms with van der Waals surface area (Å²) in [5, 5.41) is 5.48. The zero-order valence-corrected chi connectivity index (χ0v) is 13.2. The maximum atomic E-state index is 12.2. The van der Waals surface area contributed by atoms with Crippen LogP contribution in [0.2, 0.25) is 5.15 Å². The highest BCUT2D eigenvalue weighted by Gasteiger charge is 2.12. The molecule has 0 saturated carbocycles. The number of hydrogen-bond donors (Lipinski definition) is 0. The second-order valence-corrected chi connectivity index (χ2v) is 6.39. The standard InChI is InChI=1S/C15H11ClN4OS/c1-19-14-9(7-17-19)6-10(13(16)18-14)8-20-11-4-2-3-5-12(11)22-15(20)21/h2-7H,8H2,1H3. The Morgan fingerprint density at radius 1 is 1.32 bits per heavy atom. The van der Waals surface area contributed by atoms with E-state index in [4.69, 9.17) is 11.6 Å². The van der Waals surface area contributed by atoms with Gasteiger partial charge in [0, 0.05) is 18.0 Å². The van der Waals surface area contributed by atoms with E-state index in [2.05, 4.69) is 10.1 Å². The van der Waals surface area contributed by atoms with Gasteiger partial charge in [-0.15, -0.1) is 0 Å². The van der Waals surface area contributed by atoms with Crippen molar-refractivity contribution >= 4 is 44.2 Å². The molecule has 0 saturated heterocycles. The second kappa shape index (κ2) is 4.93. The smallest absolute Gasteiger partial charge is 0.294 e. The summed E-state index contributed by atoms with van der Waals surface area (Å²) < 4.78 is 4.38. The average molecular weight is 331 g/mol. The first-order chi connectivity index (χ1) is 10.6. The molecular weight excluding hydrogens is 320 g/mol. The fraction of sp³-hybridized carbons (Fsp3) is 0.133. The molecule has 3 heterocycles. The van der Waals surface area contributed by atoms with Crippen LogP contribution in [0.5, 0.6) is 0 Å². The lowest BCUT2D eigenvalue weighted by atomic mass is 10.2. The zero-order valence-electron chi connectivity index (χ0n) is 11.7. The van der Waals surface area contributed by atoms with Crippen molar-refractivity contribution in [3.63, 3.8) is 0 Å². The number of nitrogens with zero attached hydrogens (tertiary/aromatic N) is 4. The van der Waals surface area contributed by atoms with Crippen molar-refractivity contribution in [2.75, 3.05) is 0 Å². The van der Waals surface area contributed by atoms with Crippen LogP contribution >= 0.6 is 22.9 Å². The molecule has 1 aromatic carbocycles. The van der Waals surface area contributed by atoms with Gasteiger partial charge in [-0.25, -0.2) is 4.98 Å². The first-order valence-electron chi connectivity index (χ1n) is 6.69. The van der Waals surface area contributed by atoms with Gasteiger partial charge in [-0.05, 0) is 18.2 Å². The number of halogens is 1. The van der Waals surface area contributed by atoms with E-state index in [0.29, 0.717) is 11.7 Å². The number of pyridine rings is 1. The summed E-state index contributed by atoms with van der Waals surface area (Å²) >= 11 is 7.53. The summed E-state index contributed by atoms with van der Waals surface area (Å²) in [5.41, 5.74) is 2.46. The van der Waals surface area contributed by atoms with Gasteiger partial charge < -0.3 is 0 Å². The van der Waals surface area contributed by atoms with Crippen LogP contribution in [0.15, 0.2) is 41.3 Å². The van der Waals surface area contributed by atoms with Crippen LogP contribution in [0.3, 0.4) is 0 Å². The largest absolute Gasteiger partial charge is 0.308 e. The van der Waals surface area contributed by atoms with E-state index in [9.17, 15) is 4.79 Å². The third kappa shape index (κ3) is 2.03. The Balaban J connectivity index is 1.87. The van der Waals surface area contributed by atoms with E-state index in [1.165, 1.54) is 11.3 Å². The molecule has 0 unspecified atom stereocenters. The maximum absolute atomic E-state index is 12.2. The molecule has 4 aromatic rings. The molecule has 7 heteroatoms. The highest BCUT2D eigenvalue weighted by molar-refractivity contribution is 7.16. The molecule has 0 aliphatic carbocycles. The van der Waals surface area contributed by atoms with E-state index in [-0.39, 0.29) is 4.87 Å². The van der Waals surface area contributed by atoms with Gasteiger partial charge in [0.05, 0.1) is 23.0 Å². The van der Waals surface area contributed by atoms with E-state index in [1.54, 1.807) is 15.4 Å². The van der Waals surface area contributed by atoms with Gasteiger partial charge in [0.2, 0.25) is 0 Å². The fourth-order valence-electron chi connectivity index (χ4n) is 2.54. The number of fused-ring (bicyclic) bond motifs is 2. The number of rotatable bonds is 2. The molecule has 0 radical (unpaired) electrons. The predicted molar refractivity (Wildman–Crippen MR) is 88.7 cm³/mol. The summed E-state index contributed by atoms with van der Waals surface area (Å²) in [5.74, 6) is 0. The molecular formula is C15H11ClN4OS. The van der Waals surface area contributed by atoms with Crippen molar-refractivity contribution in [3.8, 4) is 0 Å². The highest BCUT2D eigenvalue weighted by atomic mass is 35.5. The molecule has 22 heavy (non-hydrogen) atoms. The van der Waals surface area contributed by atoms with Crippen LogP contribution in [0, 0.1) is 0 Å². The van der Waals surface area contributed by atoms with Gasteiger partial charge in [0.25, 0.3) is 0 Å². The van der Waals surface area contributed by atoms with Crippen LogP contribution in [0.4, 0.5) is 0 Å². The number of aromatic nitrogens is 4. The van der Waals surface area contributed by atoms with Gasteiger partial charge >= 0.3 is 4.87 Å². The molecule has 0 fully saturated rings. The first kappa shape index (κ1) is 13.5. The lowest BCUT2D eigenvalue weighted by molar-refractivity contribution is 0.783. The Hall–Kier alpha value is -2.18. The Labute approximate surface area is 134 Å². The van der Waals surface area contributed by atoms with Gasteiger partial charge in [-0.2, -0.15) is 5.10 Å². The molecule has 0 spiro atoms. The average Bonchev–Trinajstić information content (AvgIpc) is 3.01. The summed E-state index contributed by atoms with van der Waals surface area (Å²) in [6.07, 6.45) is 1.75. The third-order valence-corrected chi connectivity index (χ3v) is 4.92. The van der Waals surface area contributed by atoms with Gasteiger partial charge in [-0.3, -0.25) is 14.0 Å². The van der Waals surface area contributed by atoms with E-state index >= 15 is 0 Å². The second-order valence-electron chi connectivity index (χ2n) is 5.04. The van der Waals surface area contributed by atoms with Crippen LogP contribution in [-0.2, 0) is 13.6 Å². The number of benzene rings is 1. The topological polar surface area (TPSA) is 52.7 Å². The molecule has 0 N–H and O–H groups in total. The van der Waals surface area contributed by atoms with E-state index in [1.807, 2.05) is 37.4 Å². The van der Waals surface area contributed by atoms with Crippen LogP contribution in [0.1, 0.15) is 5.56 Å².